The second-order valence-electron chi connectivity index (χ2n) is 7.37. The van der Waals surface area contributed by atoms with Crippen LogP contribution in [0.25, 0.3) is 6.08 Å². The van der Waals surface area contributed by atoms with Gasteiger partial charge in [0.05, 0.1) is 32.7 Å². The van der Waals surface area contributed by atoms with Crippen LogP contribution in [0.5, 0.6) is 11.5 Å². The molecule has 0 aliphatic carbocycles. The maximum atomic E-state index is 13.0. The van der Waals surface area contributed by atoms with Crippen molar-refractivity contribution < 1.29 is 23.9 Å². The van der Waals surface area contributed by atoms with Crippen LogP contribution in [-0.4, -0.2) is 29.1 Å². The van der Waals surface area contributed by atoms with Crippen LogP contribution in [0, 0.1) is 3.57 Å². The van der Waals surface area contributed by atoms with E-state index in [1.807, 2.05) is 22.6 Å². The molecule has 0 radical (unpaired) electrons. The number of nitrogens with zero attached hydrogens (tertiary/aromatic N) is 1. The molecule has 1 saturated heterocycles. The Bertz CT molecular complexity index is 1410. The average molecular weight is 675 g/mol. The topological polar surface area (TPSA) is 72.9 Å². The first-order valence-corrected chi connectivity index (χ1v) is 13.2. The fourth-order valence-corrected chi connectivity index (χ4v) is 5.63. The molecule has 1 aliphatic rings. The molecule has 0 spiro atoms. The highest BCUT2D eigenvalue weighted by molar-refractivity contribution is 14.1. The van der Waals surface area contributed by atoms with Crippen LogP contribution < -0.4 is 9.47 Å². The second-order valence-corrected chi connectivity index (χ2v) is 10.7. The molecule has 0 atom stereocenters. The maximum Gasteiger partial charge on any atom is 0.345 e. The molecule has 1 aliphatic heterocycles. The first kappa shape index (κ1) is 26.8. The van der Waals surface area contributed by atoms with Gasteiger partial charge in [0.1, 0.15) is 0 Å². The van der Waals surface area contributed by atoms with Crippen molar-refractivity contribution >= 4 is 92.3 Å². The molecular weight excluding hydrogens is 660 g/mol. The lowest BCUT2D eigenvalue weighted by molar-refractivity contribution is -0.123. The van der Waals surface area contributed by atoms with Gasteiger partial charge < -0.3 is 9.47 Å². The molecule has 11 heteroatoms. The van der Waals surface area contributed by atoms with E-state index in [0.29, 0.717) is 24.7 Å². The zero-order chi connectivity index (χ0) is 26.0. The number of esters is 1. The van der Waals surface area contributed by atoms with Crippen molar-refractivity contribution in [3.8, 4) is 11.5 Å². The number of halogens is 4. The Balaban J connectivity index is 1.59. The molecule has 0 bridgehead atoms. The Kier molecular flexibility index (Phi) is 8.52. The summed E-state index contributed by atoms with van der Waals surface area (Å²) < 4.78 is 11.6. The minimum absolute atomic E-state index is 0.0433. The van der Waals surface area contributed by atoms with Crippen molar-refractivity contribution in [1.29, 1.82) is 0 Å². The van der Waals surface area contributed by atoms with Crippen LogP contribution in [-0.2, 0) is 11.3 Å². The highest BCUT2D eigenvalue weighted by atomic mass is 127. The van der Waals surface area contributed by atoms with Gasteiger partial charge in [-0.2, -0.15) is 0 Å². The SMILES string of the molecule is COc1cc(/C=C2\SC(=O)N(Cc3c(Cl)cccc3Cl)C2=O)cc(I)c1OC(=O)c1ccccc1Cl. The summed E-state index contributed by atoms with van der Waals surface area (Å²) in [6, 6.07) is 14.8. The van der Waals surface area contributed by atoms with E-state index < -0.39 is 17.1 Å². The van der Waals surface area contributed by atoms with Crippen molar-refractivity contribution in [2.24, 2.45) is 0 Å². The number of methoxy groups -OCH3 is 1. The van der Waals surface area contributed by atoms with Crippen LogP contribution in [0.4, 0.5) is 4.79 Å². The fraction of sp³-hybridized carbons (Fsp3) is 0.0800. The van der Waals surface area contributed by atoms with Gasteiger partial charge in [-0.1, -0.05) is 53.0 Å². The van der Waals surface area contributed by atoms with Crippen LogP contribution in [0.1, 0.15) is 21.5 Å². The number of imide groups is 1. The normalized spacial score (nSPS) is 14.5. The summed E-state index contributed by atoms with van der Waals surface area (Å²) in [5.74, 6) is -0.620. The maximum absolute atomic E-state index is 13.0. The van der Waals surface area contributed by atoms with E-state index in [4.69, 9.17) is 44.3 Å². The predicted octanol–water partition coefficient (Wildman–Crippen LogP) is 7.72. The van der Waals surface area contributed by atoms with E-state index in [2.05, 4.69) is 0 Å². The average Bonchev–Trinajstić information content (AvgIpc) is 3.10. The lowest BCUT2D eigenvalue weighted by Gasteiger charge is -2.15. The van der Waals surface area contributed by atoms with Crippen molar-refractivity contribution in [3.63, 3.8) is 0 Å². The largest absolute Gasteiger partial charge is 0.493 e. The van der Waals surface area contributed by atoms with Gasteiger partial charge >= 0.3 is 5.97 Å². The number of rotatable bonds is 6. The standard InChI is InChI=1S/C25H15Cl3INO5S/c1-34-20-10-13(9-19(29)22(20)35-24(32)14-5-2-3-6-16(14)26)11-21-23(31)30(25(33)36-21)12-15-17(27)7-4-8-18(15)28/h2-11H,12H2,1H3/b21-11-. The van der Waals surface area contributed by atoms with Crippen molar-refractivity contribution in [2.45, 2.75) is 6.54 Å². The molecule has 4 rings (SSSR count). The molecule has 36 heavy (non-hydrogen) atoms. The molecule has 3 aromatic rings. The van der Waals surface area contributed by atoms with Gasteiger partial charge in [0.15, 0.2) is 11.5 Å². The van der Waals surface area contributed by atoms with Gasteiger partial charge in [0.2, 0.25) is 0 Å². The van der Waals surface area contributed by atoms with E-state index >= 15 is 0 Å². The zero-order valence-electron chi connectivity index (χ0n) is 18.4. The summed E-state index contributed by atoms with van der Waals surface area (Å²) in [6.45, 7) is -0.0433. The molecule has 0 N–H and O–H groups in total. The molecule has 3 aromatic carbocycles. The molecule has 184 valence electrons. The fourth-order valence-electron chi connectivity index (χ4n) is 3.33. The van der Waals surface area contributed by atoms with E-state index in [1.165, 1.54) is 7.11 Å². The molecule has 0 aromatic heterocycles. The Labute approximate surface area is 239 Å². The Morgan fingerprint density at radius 2 is 1.69 bits per heavy atom. The summed E-state index contributed by atoms with van der Waals surface area (Å²) in [4.78, 5) is 39.5. The number of hydrogen-bond acceptors (Lipinski definition) is 6. The number of hydrogen-bond donors (Lipinski definition) is 0. The summed E-state index contributed by atoms with van der Waals surface area (Å²) in [6.07, 6.45) is 1.57. The smallest absolute Gasteiger partial charge is 0.345 e. The third-order valence-electron chi connectivity index (χ3n) is 5.09. The van der Waals surface area contributed by atoms with Gasteiger partial charge in [0, 0.05) is 15.6 Å². The highest BCUT2D eigenvalue weighted by Gasteiger charge is 2.36. The first-order chi connectivity index (χ1) is 17.2. The van der Waals surface area contributed by atoms with Crippen LogP contribution >= 0.6 is 69.2 Å². The van der Waals surface area contributed by atoms with E-state index in [0.717, 1.165) is 16.7 Å². The molecule has 0 saturated carbocycles. The molecule has 0 unspecified atom stereocenters. The Morgan fingerprint density at radius 3 is 2.36 bits per heavy atom. The molecule has 2 amide bonds. The minimum atomic E-state index is -0.635. The quantitative estimate of drug-likeness (QED) is 0.115. The van der Waals surface area contributed by atoms with Crippen molar-refractivity contribution in [2.75, 3.05) is 7.11 Å². The van der Waals surface area contributed by atoms with Gasteiger partial charge in [-0.15, -0.1) is 0 Å². The summed E-state index contributed by atoms with van der Waals surface area (Å²) in [5, 5.41) is 0.564. The van der Waals surface area contributed by atoms with Crippen molar-refractivity contribution in [1.82, 2.24) is 4.90 Å². The summed E-state index contributed by atoms with van der Waals surface area (Å²) >= 11 is 21.3. The predicted molar refractivity (Wildman–Crippen MR) is 150 cm³/mol. The van der Waals surface area contributed by atoms with Gasteiger partial charge in [-0.3, -0.25) is 14.5 Å². The Morgan fingerprint density at radius 1 is 1.03 bits per heavy atom. The van der Waals surface area contributed by atoms with Gasteiger partial charge in [0.25, 0.3) is 11.1 Å². The number of thioether (sulfide) groups is 1. The molecule has 1 heterocycles. The minimum Gasteiger partial charge on any atom is -0.493 e. The zero-order valence-corrected chi connectivity index (χ0v) is 23.6. The molecule has 6 nitrogen and oxygen atoms in total. The van der Waals surface area contributed by atoms with Crippen LogP contribution in [0.3, 0.4) is 0 Å². The third kappa shape index (κ3) is 5.68. The number of amides is 2. The van der Waals surface area contributed by atoms with E-state index in [-0.39, 0.29) is 33.5 Å². The lowest BCUT2D eigenvalue weighted by Crippen LogP contribution is -2.27. The third-order valence-corrected chi connectivity index (χ3v) is 7.84. The van der Waals surface area contributed by atoms with Gasteiger partial charge in [-0.05, 0) is 82.4 Å². The van der Waals surface area contributed by atoms with E-state index in [9.17, 15) is 14.4 Å². The number of benzene rings is 3. The van der Waals surface area contributed by atoms with Crippen LogP contribution in [0.2, 0.25) is 15.1 Å². The first-order valence-electron chi connectivity index (χ1n) is 10.2. The van der Waals surface area contributed by atoms with E-state index in [1.54, 1.807) is 60.7 Å². The Hall–Kier alpha value is -2.24. The number of ether oxygens (including phenoxy) is 2. The van der Waals surface area contributed by atoms with Crippen LogP contribution in [0.15, 0.2) is 59.5 Å². The monoisotopic (exact) mass is 673 g/mol. The summed E-state index contributed by atoms with van der Waals surface area (Å²) in [5.41, 5.74) is 1.29. The molecular formula is C25H15Cl3INO5S. The van der Waals surface area contributed by atoms with Gasteiger partial charge in [-0.25, -0.2) is 4.79 Å². The second kappa shape index (κ2) is 11.4. The number of carbonyl (C=O) groups is 3. The van der Waals surface area contributed by atoms with Crippen molar-refractivity contribution in [3.05, 3.63) is 94.8 Å². The molecule has 1 fully saturated rings. The lowest BCUT2D eigenvalue weighted by atomic mass is 10.1. The highest BCUT2D eigenvalue weighted by Crippen LogP contribution is 2.39. The summed E-state index contributed by atoms with van der Waals surface area (Å²) in [7, 11) is 1.43. The number of carbonyl (C=O) groups excluding carboxylic acids is 3.